The first-order valence-corrected chi connectivity index (χ1v) is 7.27. The first-order valence-electron chi connectivity index (χ1n) is 6.89. The number of nitrogens with zero attached hydrogens (tertiary/aromatic N) is 2. The van der Waals surface area contributed by atoms with E-state index in [9.17, 15) is 4.79 Å². The van der Waals surface area contributed by atoms with Crippen LogP contribution in [0.5, 0.6) is 0 Å². The van der Waals surface area contributed by atoms with Crippen molar-refractivity contribution in [2.75, 3.05) is 32.1 Å². The minimum Gasteiger partial charge on any atom is -0.377 e. The average Bonchev–Trinajstić information content (AvgIpc) is 2.48. The number of ether oxygens (including phenoxy) is 1. The topological polar surface area (TPSA) is 54.5 Å². The highest BCUT2D eigenvalue weighted by Crippen LogP contribution is 2.22. The number of hydrogen-bond acceptors (Lipinski definition) is 4. The molecule has 1 aromatic heterocycles. The third kappa shape index (κ3) is 3.41. The molecule has 1 fully saturated rings. The Hall–Kier alpha value is -1.33. The lowest BCUT2D eigenvalue weighted by molar-refractivity contribution is 0.00725. The van der Waals surface area contributed by atoms with E-state index in [0.717, 1.165) is 19.4 Å². The van der Waals surface area contributed by atoms with E-state index in [-0.39, 0.29) is 12.0 Å². The van der Waals surface area contributed by atoms with Gasteiger partial charge in [0.05, 0.1) is 16.7 Å². The molecule has 110 valence electrons. The summed E-state index contributed by atoms with van der Waals surface area (Å²) in [5.41, 5.74) is 0.489. The molecule has 2 rings (SSSR count). The Bertz CT molecular complexity index is 479. The standard InChI is InChI=1S/C14H20ClN3O2/c1-3-20-10-5-4-6-18(9-10)14(19)11-7-13(16-2)17-8-12(11)15/h7-8,10H,3-6,9H2,1-2H3,(H,16,17). The van der Waals surface area contributed by atoms with Crippen LogP contribution in [0.2, 0.25) is 5.02 Å². The van der Waals surface area contributed by atoms with E-state index in [1.54, 1.807) is 13.1 Å². The summed E-state index contributed by atoms with van der Waals surface area (Å²) in [7, 11) is 1.76. The zero-order valence-electron chi connectivity index (χ0n) is 11.9. The molecule has 0 bridgehead atoms. The summed E-state index contributed by atoms with van der Waals surface area (Å²) in [5, 5.41) is 3.30. The molecule has 20 heavy (non-hydrogen) atoms. The maximum atomic E-state index is 12.6. The smallest absolute Gasteiger partial charge is 0.255 e. The Morgan fingerprint density at radius 3 is 3.15 bits per heavy atom. The van der Waals surface area contributed by atoms with Crippen LogP contribution < -0.4 is 5.32 Å². The van der Waals surface area contributed by atoms with Crippen LogP contribution in [0.25, 0.3) is 0 Å². The number of carbonyl (C=O) groups is 1. The number of pyridine rings is 1. The maximum absolute atomic E-state index is 12.6. The molecule has 0 radical (unpaired) electrons. The molecule has 1 aliphatic heterocycles. The van der Waals surface area contributed by atoms with Crippen LogP contribution in [0.15, 0.2) is 12.3 Å². The highest BCUT2D eigenvalue weighted by atomic mass is 35.5. The van der Waals surface area contributed by atoms with E-state index in [0.29, 0.717) is 29.6 Å². The molecule has 1 amide bonds. The highest BCUT2D eigenvalue weighted by molar-refractivity contribution is 6.33. The van der Waals surface area contributed by atoms with Crippen molar-refractivity contribution in [2.45, 2.75) is 25.9 Å². The fraction of sp³-hybridized carbons (Fsp3) is 0.571. The highest BCUT2D eigenvalue weighted by Gasteiger charge is 2.26. The van der Waals surface area contributed by atoms with Crippen molar-refractivity contribution in [2.24, 2.45) is 0 Å². The molecule has 1 atom stereocenters. The third-order valence-electron chi connectivity index (χ3n) is 3.41. The fourth-order valence-corrected chi connectivity index (χ4v) is 2.59. The fourth-order valence-electron chi connectivity index (χ4n) is 2.40. The van der Waals surface area contributed by atoms with Gasteiger partial charge in [-0.1, -0.05) is 11.6 Å². The van der Waals surface area contributed by atoms with Gasteiger partial charge >= 0.3 is 0 Å². The summed E-state index contributed by atoms with van der Waals surface area (Å²) >= 11 is 6.10. The molecule has 1 aromatic rings. The van der Waals surface area contributed by atoms with Crippen molar-refractivity contribution in [3.05, 3.63) is 22.8 Å². The molecule has 0 aliphatic carbocycles. The van der Waals surface area contributed by atoms with E-state index >= 15 is 0 Å². The zero-order chi connectivity index (χ0) is 14.5. The summed E-state index contributed by atoms with van der Waals surface area (Å²) in [6, 6.07) is 1.69. The predicted octanol–water partition coefficient (Wildman–Crippen LogP) is 2.42. The van der Waals surface area contributed by atoms with Gasteiger partial charge in [-0.25, -0.2) is 4.98 Å². The molecule has 0 aromatic carbocycles. The second kappa shape index (κ2) is 6.90. The predicted molar refractivity (Wildman–Crippen MR) is 79.3 cm³/mol. The van der Waals surface area contributed by atoms with E-state index in [1.807, 2.05) is 11.8 Å². The van der Waals surface area contributed by atoms with Crippen LogP contribution in [0.4, 0.5) is 5.82 Å². The molecule has 1 aliphatic rings. The van der Waals surface area contributed by atoms with Gasteiger partial charge < -0.3 is 15.0 Å². The lowest BCUT2D eigenvalue weighted by Gasteiger charge is -2.32. The monoisotopic (exact) mass is 297 g/mol. The van der Waals surface area contributed by atoms with Gasteiger partial charge in [0, 0.05) is 32.9 Å². The Morgan fingerprint density at radius 1 is 1.65 bits per heavy atom. The van der Waals surface area contributed by atoms with Gasteiger partial charge in [-0.2, -0.15) is 0 Å². The zero-order valence-corrected chi connectivity index (χ0v) is 12.6. The number of hydrogen-bond donors (Lipinski definition) is 1. The number of likely N-dealkylation sites (tertiary alicyclic amines) is 1. The van der Waals surface area contributed by atoms with Gasteiger partial charge in [0.2, 0.25) is 0 Å². The molecule has 0 spiro atoms. The van der Waals surface area contributed by atoms with Crippen LogP contribution in [-0.4, -0.2) is 48.6 Å². The second-order valence-electron chi connectivity index (χ2n) is 4.77. The SMILES string of the molecule is CCOC1CCCN(C(=O)c2cc(NC)ncc2Cl)C1. The largest absolute Gasteiger partial charge is 0.377 e. The first kappa shape index (κ1) is 15.1. The number of amides is 1. The summed E-state index contributed by atoms with van der Waals surface area (Å²) in [4.78, 5) is 18.5. The molecule has 5 nitrogen and oxygen atoms in total. The van der Waals surface area contributed by atoms with E-state index < -0.39 is 0 Å². The van der Waals surface area contributed by atoms with Gasteiger partial charge in [-0.15, -0.1) is 0 Å². The van der Waals surface area contributed by atoms with Gasteiger partial charge in [0.1, 0.15) is 5.82 Å². The summed E-state index contributed by atoms with van der Waals surface area (Å²) in [6.07, 6.45) is 3.59. The van der Waals surface area contributed by atoms with Crippen LogP contribution in [0.1, 0.15) is 30.1 Å². The van der Waals surface area contributed by atoms with Crippen LogP contribution >= 0.6 is 11.6 Å². The summed E-state index contributed by atoms with van der Waals surface area (Å²) in [6.45, 7) is 4.02. The van der Waals surface area contributed by atoms with Crippen LogP contribution in [0, 0.1) is 0 Å². The molecule has 1 saturated heterocycles. The molecule has 0 saturated carbocycles. The van der Waals surface area contributed by atoms with E-state index in [2.05, 4.69) is 10.3 Å². The second-order valence-corrected chi connectivity index (χ2v) is 5.18. The van der Waals surface area contributed by atoms with Crippen molar-refractivity contribution in [3.63, 3.8) is 0 Å². The van der Waals surface area contributed by atoms with Crippen molar-refractivity contribution in [3.8, 4) is 0 Å². The third-order valence-corrected chi connectivity index (χ3v) is 3.71. The van der Waals surface area contributed by atoms with Gasteiger partial charge in [0.15, 0.2) is 0 Å². The van der Waals surface area contributed by atoms with Gasteiger partial charge in [-0.3, -0.25) is 4.79 Å². The van der Waals surface area contributed by atoms with E-state index in [1.165, 1.54) is 6.20 Å². The summed E-state index contributed by atoms with van der Waals surface area (Å²) < 4.78 is 5.62. The lowest BCUT2D eigenvalue weighted by Crippen LogP contribution is -2.43. The molecule has 1 N–H and O–H groups in total. The number of halogens is 1. The Balaban J connectivity index is 2.14. The van der Waals surface area contributed by atoms with Crippen molar-refractivity contribution in [1.29, 1.82) is 0 Å². The quantitative estimate of drug-likeness (QED) is 0.927. The molecule has 2 heterocycles. The van der Waals surface area contributed by atoms with Crippen LogP contribution in [-0.2, 0) is 4.74 Å². The van der Waals surface area contributed by atoms with E-state index in [4.69, 9.17) is 16.3 Å². The molecular formula is C14H20ClN3O2. The number of piperidine rings is 1. The number of nitrogens with one attached hydrogen (secondary N) is 1. The van der Waals surface area contributed by atoms with Crippen molar-refractivity contribution < 1.29 is 9.53 Å². The normalized spacial score (nSPS) is 18.9. The van der Waals surface area contributed by atoms with Gasteiger partial charge in [-0.05, 0) is 25.8 Å². The van der Waals surface area contributed by atoms with Gasteiger partial charge in [0.25, 0.3) is 5.91 Å². The number of aromatic nitrogens is 1. The number of rotatable bonds is 4. The molecule has 1 unspecified atom stereocenters. The minimum absolute atomic E-state index is 0.0571. The first-order chi connectivity index (χ1) is 9.65. The van der Waals surface area contributed by atoms with Crippen LogP contribution in [0.3, 0.4) is 0 Å². The minimum atomic E-state index is -0.0571. The lowest BCUT2D eigenvalue weighted by atomic mass is 10.1. The van der Waals surface area contributed by atoms with Crippen molar-refractivity contribution >= 4 is 23.3 Å². The Morgan fingerprint density at radius 2 is 2.45 bits per heavy atom. The number of anilines is 1. The Kier molecular flexibility index (Phi) is 5.20. The Labute approximate surface area is 124 Å². The molecule has 6 heteroatoms. The summed E-state index contributed by atoms with van der Waals surface area (Å²) in [5.74, 6) is 0.578. The number of carbonyl (C=O) groups excluding carboxylic acids is 1. The van der Waals surface area contributed by atoms with Crippen molar-refractivity contribution in [1.82, 2.24) is 9.88 Å². The maximum Gasteiger partial charge on any atom is 0.255 e. The average molecular weight is 298 g/mol. The molecular weight excluding hydrogens is 278 g/mol.